The van der Waals surface area contributed by atoms with Crippen molar-refractivity contribution in [1.82, 2.24) is 0 Å². The van der Waals surface area contributed by atoms with E-state index in [1.54, 1.807) is 11.3 Å². The van der Waals surface area contributed by atoms with Crippen molar-refractivity contribution in [2.24, 2.45) is 17.8 Å². The Morgan fingerprint density at radius 1 is 1.45 bits per heavy atom. The zero-order chi connectivity index (χ0) is 22.8. The highest BCUT2D eigenvalue weighted by molar-refractivity contribution is 9.10. The second kappa shape index (κ2) is 13.4. The Kier molecular flexibility index (Phi) is 11.2. The summed E-state index contributed by atoms with van der Waals surface area (Å²) in [6.45, 7) is 6.03. The number of unbranched alkanes of at least 4 members (excludes halogenated alkanes) is 1. The average molecular weight is 512 g/mol. The lowest BCUT2D eigenvalue weighted by Crippen LogP contribution is -2.18. The first-order chi connectivity index (χ1) is 14.8. The first-order valence-electron chi connectivity index (χ1n) is 11.0. The summed E-state index contributed by atoms with van der Waals surface area (Å²) in [5, 5.41) is 21.0. The molecule has 1 aliphatic carbocycles. The quantitative estimate of drug-likeness (QED) is 0.213. The van der Waals surface area contributed by atoms with E-state index in [1.165, 1.54) is 16.9 Å². The molecule has 6 heteroatoms. The van der Waals surface area contributed by atoms with E-state index >= 15 is 0 Å². The lowest BCUT2D eigenvalue weighted by atomic mass is 9.86. The number of ether oxygens (including phenoxy) is 1. The Morgan fingerprint density at radius 3 is 2.87 bits per heavy atom. The van der Waals surface area contributed by atoms with Gasteiger partial charge in [-0.2, -0.15) is 0 Å². The Balaban J connectivity index is 1.87. The van der Waals surface area contributed by atoms with Crippen molar-refractivity contribution in [3.8, 4) is 0 Å². The maximum Gasteiger partial charge on any atom is 0.305 e. The van der Waals surface area contributed by atoms with E-state index in [4.69, 9.17) is 0 Å². The number of thiophene rings is 1. The molecule has 2 rings (SSSR count). The third-order valence-corrected chi connectivity index (χ3v) is 8.20. The highest BCUT2D eigenvalue weighted by Gasteiger charge is 2.38. The van der Waals surface area contributed by atoms with Gasteiger partial charge in [-0.15, -0.1) is 17.9 Å². The van der Waals surface area contributed by atoms with E-state index in [2.05, 4.69) is 58.5 Å². The van der Waals surface area contributed by atoms with Crippen molar-refractivity contribution >= 4 is 33.2 Å². The van der Waals surface area contributed by atoms with Crippen molar-refractivity contribution in [2.45, 2.75) is 64.1 Å². The summed E-state index contributed by atoms with van der Waals surface area (Å²) < 4.78 is 5.78. The molecule has 0 saturated heterocycles. The fourth-order valence-corrected chi connectivity index (χ4v) is 5.78. The molecule has 1 saturated carbocycles. The summed E-state index contributed by atoms with van der Waals surface area (Å²) in [5.41, 5.74) is 0. The number of allylic oxidation sites excluding steroid dienone is 4. The highest BCUT2D eigenvalue weighted by atomic mass is 79.9. The smallest absolute Gasteiger partial charge is 0.305 e. The molecule has 1 aromatic rings. The van der Waals surface area contributed by atoms with E-state index in [1.807, 2.05) is 12.2 Å². The second-order valence-corrected chi connectivity index (χ2v) is 10.4. The van der Waals surface area contributed by atoms with Gasteiger partial charge in [0.2, 0.25) is 0 Å². The van der Waals surface area contributed by atoms with Crippen LogP contribution in [0.5, 0.6) is 0 Å². The molecule has 1 fully saturated rings. The topological polar surface area (TPSA) is 66.8 Å². The van der Waals surface area contributed by atoms with Gasteiger partial charge < -0.3 is 14.9 Å². The van der Waals surface area contributed by atoms with Crippen LogP contribution in [0.4, 0.5) is 0 Å². The van der Waals surface area contributed by atoms with Crippen molar-refractivity contribution in [1.29, 1.82) is 0 Å². The van der Waals surface area contributed by atoms with E-state index < -0.39 is 6.10 Å². The summed E-state index contributed by atoms with van der Waals surface area (Å²) in [6.07, 6.45) is 14.2. The molecule has 0 spiro atoms. The number of aliphatic hydroxyl groups excluding tert-OH is 2. The standard InChI is InChI=1S/C25H35BrO4S/c1-4-18-15-24(28)22(9-7-5-6-8-10-25(29)30-3)21(18)14-12-19(27)11-13-20-16-23(26)17(2)31-20/h4-5,7,12,14,16,18-19,21-22,24,27-28H,1,6,8-11,13,15H2,2-3H3/t18?,19-,21-,22+,24?/m0/s1. The van der Waals surface area contributed by atoms with Gasteiger partial charge in [-0.1, -0.05) is 30.4 Å². The van der Waals surface area contributed by atoms with Gasteiger partial charge in [0.25, 0.3) is 0 Å². The SMILES string of the molecule is C=CC1CC(O)[C@H](CC=CCCCC(=O)OC)[C@H]1C=C[C@@H](O)CCc1cc(Br)c(C)s1. The van der Waals surface area contributed by atoms with Crippen LogP contribution in [0.1, 0.15) is 48.3 Å². The van der Waals surface area contributed by atoms with Crippen LogP contribution in [0.25, 0.3) is 0 Å². The van der Waals surface area contributed by atoms with Gasteiger partial charge in [-0.05, 0) is 85.2 Å². The molecule has 1 heterocycles. The fraction of sp³-hybridized carbons (Fsp3) is 0.560. The Hall–Kier alpha value is -1.21. The third kappa shape index (κ3) is 8.33. The predicted octanol–water partition coefficient (Wildman–Crippen LogP) is 5.76. The van der Waals surface area contributed by atoms with Crippen LogP contribution >= 0.6 is 27.3 Å². The summed E-state index contributed by atoms with van der Waals surface area (Å²) in [5.74, 6) is 0.310. The van der Waals surface area contributed by atoms with Crippen molar-refractivity contribution in [3.63, 3.8) is 0 Å². The van der Waals surface area contributed by atoms with Crippen molar-refractivity contribution < 1.29 is 19.7 Å². The minimum absolute atomic E-state index is 0.110. The molecule has 2 unspecified atom stereocenters. The summed E-state index contributed by atoms with van der Waals surface area (Å²) in [6, 6.07) is 2.13. The molecule has 31 heavy (non-hydrogen) atoms. The van der Waals surface area contributed by atoms with Crippen molar-refractivity contribution in [3.05, 3.63) is 57.3 Å². The van der Waals surface area contributed by atoms with E-state index in [0.717, 1.165) is 30.2 Å². The molecule has 0 bridgehead atoms. The van der Waals surface area contributed by atoms with Gasteiger partial charge in [0.1, 0.15) is 0 Å². The minimum Gasteiger partial charge on any atom is -0.469 e. The van der Waals surface area contributed by atoms with Gasteiger partial charge in [-0.3, -0.25) is 4.79 Å². The zero-order valence-corrected chi connectivity index (χ0v) is 20.9. The first-order valence-corrected chi connectivity index (χ1v) is 12.6. The number of hydrogen-bond acceptors (Lipinski definition) is 5. The molecule has 1 aliphatic rings. The number of aryl methyl sites for hydroxylation is 2. The van der Waals surface area contributed by atoms with Crippen molar-refractivity contribution in [2.75, 3.05) is 7.11 Å². The Morgan fingerprint density at radius 2 is 2.23 bits per heavy atom. The summed E-state index contributed by atoms with van der Waals surface area (Å²) >= 11 is 5.30. The van der Waals surface area contributed by atoms with Crippen LogP contribution < -0.4 is 0 Å². The number of halogens is 1. The predicted molar refractivity (Wildman–Crippen MR) is 131 cm³/mol. The van der Waals surface area contributed by atoms with Gasteiger partial charge >= 0.3 is 5.97 Å². The lowest BCUT2D eigenvalue weighted by molar-refractivity contribution is -0.140. The maximum atomic E-state index is 11.2. The molecule has 4 nitrogen and oxygen atoms in total. The molecule has 2 N–H and O–H groups in total. The minimum atomic E-state index is -0.501. The molecular formula is C25H35BrO4S. The van der Waals surface area contributed by atoms with Crippen LogP contribution in [-0.2, 0) is 16.0 Å². The molecule has 0 radical (unpaired) electrons. The maximum absolute atomic E-state index is 11.2. The number of carbonyl (C=O) groups is 1. The number of aliphatic hydroxyl groups is 2. The first kappa shape index (κ1) is 26.0. The third-order valence-electron chi connectivity index (χ3n) is 6.00. The monoisotopic (exact) mass is 510 g/mol. The molecule has 172 valence electrons. The van der Waals surface area contributed by atoms with Gasteiger partial charge in [0.05, 0.1) is 19.3 Å². The van der Waals surface area contributed by atoms with Gasteiger partial charge in [0.15, 0.2) is 0 Å². The fourth-order valence-electron chi connectivity index (χ4n) is 4.16. The highest BCUT2D eigenvalue weighted by Crippen LogP contribution is 2.41. The Labute approximate surface area is 198 Å². The largest absolute Gasteiger partial charge is 0.469 e. The number of rotatable bonds is 12. The van der Waals surface area contributed by atoms with Crippen LogP contribution in [0.3, 0.4) is 0 Å². The van der Waals surface area contributed by atoms with Gasteiger partial charge in [0, 0.05) is 20.6 Å². The lowest BCUT2D eigenvalue weighted by Gasteiger charge is -2.20. The molecule has 0 aromatic carbocycles. The van der Waals surface area contributed by atoms with Gasteiger partial charge in [-0.25, -0.2) is 0 Å². The molecule has 5 atom stereocenters. The van der Waals surface area contributed by atoms with Crippen LogP contribution in [-0.4, -0.2) is 35.5 Å². The number of methoxy groups -OCH3 is 1. The second-order valence-electron chi connectivity index (χ2n) is 8.23. The molecule has 1 aromatic heterocycles. The number of carbonyl (C=O) groups excluding carboxylic acids is 1. The molecule has 0 amide bonds. The summed E-state index contributed by atoms with van der Waals surface area (Å²) in [4.78, 5) is 13.7. The van der Waals surface area contributed by atoms with E-state index in [-0.39, 0.29) is 29.8 Å². The number of esters is 1. The Bertz CT molecular complexity index is 750. The zero-order valence-electron chi connectivity index (χ0n) is 18.5. The van der Waals surface area contributed by atoms with Crippen LogP contribution in [0.15, 0.2) is 47.5 Å². The van der Waals surface area contributed by atoms with E-state index in [9.17, 15) is 15.0 Å². The van der Waals surface area contributed by atoms with Crippen LogP contribution in [0.2, 0.25) is 0 Å². The average Bonchev–Trinajstić information content (AvgIpc) is 3.24. The molecule has 0 aliphatic heterocycles. The van der Waals surface area contributed by atoms with Crippen LogP contribution in [0, 0.1) is 24.7 Å². The summed E-state index contributed by atoms with van der Waals surface area (Å²) in [7, 11) is 1.41. The normalized spacial score (nSPS) is 24.8. The number of hydrogen-bond donors (Lipinski definition) is 2. The van der Waals surface area contributed by atoms with E-state index in [0.29, 0.717) is 19.3 Å². The molecular weight excluding hydrogens is 476 g/mol.